The molecule has 3 aromatic heterocycles. The fourth-order valence-corrected chi connectivity index (χ4v) is 5.59. The molecule has 0 fully saturated rings. The SMILES string of the molecule is CCc1sc2ncnc(Nc3ccc(Oc4ccc(C)nc4)c(C)c3)c2c1C(C)CC(C)CC. The summed E-state index contributed by atoms with van der Waals surface area (Å²) in [6.07, 6.45) is 6.80. The first kappa shape index (κ1) is 24.1. The third-order valence-corrected chi connectivity index (χ3v) is 7.68. The summed E-state index contributed by atoms with van der Waals surface area (Å²) in [7, 11) is 0. The highest BCUT2D eigenvalue weighted by Crippen LogP contribution is 2.42. The Labute approximate surface area is 206 Å². The average molecular weight is 475 g/mol. The topological polar surface area (TPSA) is 59.9 Å². The molecule has 0 bridgehead atoms. The van der Waals surface area contributed by atoms with Crippen molar-refractivity contribution in [3.05, 3.63) is 64.6 Å². The average Bonchev–Trinajstić information content (AvgIpc) is 3.22. The molecule has 5 nitrogen and oxygen atoms in total. The van der Waals surface area contributed by atoms with Crippen molar-refractivity contribution in [2.75, 3.05) is 5.32 Å². The Balaban J connectivity index is 1.64. The number of fused-ring (bicyclic) bond motifs is 1. The molecule has 2 atom stereocenters. The molecule has 0 amide bonds. The molecule has 4 rings (SSSR count). The van der Waals surface area contributed by atoms with E-state index in [4.69, 9.17) is 4.74 Å². The van der Waals surface area contributed by atoms with E-state index >= 15 is 0 Å². The van der Waals surface area contributed by atoms with Gasteiger partial charge in [0.05, 0.1) is 11.6 Å². The van der Waals surface area contributed by atoms with Crippen molar-refractivity contribution >= 4 is 33.1 Å². The fourth-order valence-electron chi connectivity index (χ4n) is 4.39. The zero-order chi connectivity index (χ0) is 24.2. The fraction of sp³-hybridized carbons (Fsp3) is 0.393. The summed E-state index contributed by atoms with van der Waals surface area (Å²) < 4.78 is 6.04. The van der Waals surface area contributed by atoms with Crippen molar-refractivity contribution in [2.24, 2.45) is 5.92 Å². The van der Waals surface area contributed by atoms with Crippen molar-refractivity contribution in [1.82, 2.24) is 15.0 Å². The summed E-state index contributed by atoms with van der Waals surface area (Å²) in [5.41, 5.74) is 4.41. The molecule has 6 heteroatoms. The monoisotopic (exact) mass is 474 g/mol. The second-order valence-corrected chi connectivity index (χ2v) is 10.3. The maximum Gasteiger partial charge on any atom is 0.145 e. The second kappa shape index (κ2) is 10.5. The van der Waals surface area contributed by atoms with Crippen molar-refractivity contribution in [2.45, 2.75) is 66.7 Å². The van der Waals surface area contributed by atoms with Crippen molar-refractivity contribution in [1.29, 1.82) is 0 Å². The Hall–Kier alpha value is -2.99. The summed E-state index contributed by atoms with van der Waals surface area (Å²) in [5, 5.41) is 4.74. The predicted octanol–water partition coefficient (Wildman–Crippen LogP) is 8.34. The molecule has 0 radical (unpaired) electrons. The van der Waals surface area contributed by atoms with Gasteiger partial charge in [-0.1, -0.05) is 34.1 Å². The molecular formula is C28H34N4OS. The van der Waals surface area contributed by atoms with E-state index in [1.54, 1.807) is 23.9 Å². The van der Waals surface area contributed by atoms with Crippen LogP contribution >= 0.6 is 11.3 Å². The van der Waals surface area contributed by atoms with Gasteiger partial charge in [-0.15, -0.1) is 11.3 Å². The van der Waals surface area contributed by atoms with Crippen LogP contribution in [0.3, 0.4) is 0 Å². The molecule has 0 aliphatic carbocycles. The minimum absolute atomic E-state index is 0.464. The molecule has 1 N–H and O–H groups in total. The quantitative estimate of drug-likeness (QED) is 0.264. The first-order valence-electron chi connectivity index (χ1n) is 12.1. The van der Waals surface area contributed by atoms with Gasteiger partial charge in [0.2, 0.25) is 0 Å². The number of hydrogen-bond donors (Lipinski definition) is 1. The highest BCUT2D eigenvalue weighted by atomic mass is 32.1. The number of ether oxygens (including phenoxy) is 1. The summed E-state index contributed by atoms with van der Waals surface area (Å²) in [6, 6.07) is 10.0. The minimum Gasteiger partial charge on any atom is -0.455 e. The summed E-state index contributed by atoms with van der Waals surface area (Å²) in [6.45, 7) is 13.2. The number of nitrogens with zero attached hydrogens (tertiary/aromatic N) is 3. The number of aromatic nitrogens is 3. The van der Waals surface area contributed by atoms with E-state index in [2.05, 4.69) is 61.0 Å². The first-order chi connectivity index (χ1) is 16.4. The van der Waals surface area contributed by atoms with Crippen LogP contribution in [0.5, 0.6) is 11.5 Å². The van der Waals surface area contributed by atoms with Crippen molar-refractivity contribution < 1.29 is 4.74 Å². The largest absolute Gasteiger partial charge is 0.455 e. The second-order valence-electron chi connectivity index (χ2n) is 9.19. The molecule has 178 valence electrons. The Morgan fingerprint density at radius 3 is 2.53 bits per heavy atom. The molecule has 2 unspecified atom stereocenters. The van der Waals surface area contributed by atoms with Gasteiger partial charge in [0.15, 0.2) is 0 Å². The molecular weight excluding hydrogens is 440 g/mol. The molecule has 1 aromatic carbocycles. The van der Waals surface area contributed by atoms with Gasteiger partial charge < -0.3 is 10.1 Å². The van der Waals surface area contributed by atoms with E-state index in [0.717, 1.165) is 45.5 Å². The smallest absolute Gasteiger partial charge is 0.145 e. The van der Waals surface area contributed by atoms with Crippen molar-refractivity contribution in [3.63, 3.8) is 0 Å². The zero-order valence-corrected chi connectivity index (χ0v) is 21.8. The van der Waals surface area contributed by atoms with Gasteiger partial charge >= 0.3 is 0 Å². The number of hydrogen-bond acceptors (Lipinski definition) is 6. The van der Waals surface area contributed by atoms with Gasteiger partial charge in [-0.3, -0.25) is 4.98 Å². The molecule has 4 aromatic rings. The maximum atomic E-state index is 6.04. The summed E-state index contributed by atoms with van der Waals surface area (Å²) >= 11 is 1.80. The molecule has 34 heavy (non-hydrogen) atoms. The van der Waals surface area contributed by atoms with Crippen LogP contribution in [-0.2, 0) is 6.42 Å². The third kappa shape index (κ3) is 5.22. The number of thiophene rings is 1. The highest BCUT2D eigenvalue weighted by molar-refractivity contribution is 7.19. The lowest BCUT2D eigenvalue weighted by Crippen LogP contribution is -2.04. The number of pyridine rings is 1. The molecule has 0 saturated heterocycles. The lowest BCUT2D eigenvalue weighted by Gasteiger charge is -2.18. The molecule has 0 aliphatic rings. The molecule has 0 spiro atoms. The molecule has 3 heterocycles. The highest BCUT2D eigenvalue weighted by Gasteiger charge is 2.22. The van der Waals surface area contributed by atoms with Crippen molar-refractivity contribution in [3.8, 4) is 11.5 Å². The van der Waals surface area contributed by atoms with Gasteiger partial charge in [-0.25, -0.2) is 9.97 Å². The van der Waals surface area contributed by atoms with Gasteiger partial charge in [0.25, 0.3) is 0 Å². The summed E-state index contributed by atoms with van der Waals surface area (Å²) in [5.74, 6) is 3.58. The number of nitrogens with one attached hydrogen (secondary N) is 1. The van der Waals surface area contributed by atoms with Crippen LogP contribution in [0, 0.1) is 19.8 Å². The van der Waals surface area contributed by atoms with E-state index in [0.29, 0.717) is 11.8 Å². The van der Waals surface area contributed by atoms with Gasteiger partial charge in [-0.2, -0.15) is 0 Å². The van der Waals surface area contributed by atoms with E-state index < -0.39 is 0 Å². The van der Waals surface area contributed by atoms with E-state index in [1.807, 2.05) is 31.2 Å². The van der Waals surface area contributed by atoms with Gasteiger partial charge in [0.1, 0.15) is 28.5 Å². The lowest BCUT2D eigenvalue weighted by atomic mass is 9.88. The van der Waals surface area contributed by atoms with Gasteiger partial charge in [-0.05, 0) is 80.0 Å². The molecule has 0 saturated carbocycles. The Morgan fingerprint density at radius 1 is 1.03 bits per heavy atom. The number of rotatable bonds is 9. The standard InChI is InChI=1S/C28H34N4OS/c1-7-17(3)13-19(5)25-24(8-2)34-28-26(25)27(30-16-31-28)32-21-10-12-23(18(4)14-21)33-22-11-9-20(6)29-15-22/h9-12,14-17,19H,7-8,13H2,1-6H3,(H,30,31,32). The Kier molecular flexibility index (Phi) is 7.47. The maximum absolute atomic E-state index is 6.04. The summed E-state index contributed by atoms with van der Waals surface area (Å²) in [4.78, 5) is 16.1. The number of anilines is 2. The van der Waals surface area contributed by atoms with Crippen LogP contribution in [0.4, 0.5) is 11.5 Å². The first-order valence-corrected chi connectivity index (χ1v) is 13.0. The normalized spacial score (nSPS) is 13.1. The van der Waals surface area contributed by atoms with E-state index in [-0.39, 0.29) is 0 Å². The molecule has 0 aliphatic heterocycles. The Morgan fingerprint density at radius 2 is 1.85 bits per heavy atom. The number of aryl methyl sites for hydroxylation is 3. The van der Waals surface area contributed by atoms with Crippen LogP contribution < -0.4 is 10.1 Å². The third-order valence-electron chi connectivity index (χ3n) is 6.42. The lowest BCUT2D eigenvalue weighted by molar-refractivity contribution is 0.472. The zero-order valence-electron chi connectivity index (χ0n) is 21.0. The Bertz CT molecular complexity index is 1270. The predicted molar refractivity (Wildman–Crippen MR) is 143 cm³/mol. The van der Waals surface area contributed by atoms with E-state index in [9.17, 15) is 0 Å². The van der Waals surface area contributed by atoms with Gasteiger partial charge in [0, 0.05) is 16.3 Å². The number of benzene rings is 1. The minimum atomic E-state index is 0.464. The van der Waals surface area contributed by atoms with Crippen LogP contribution in [0.2, 0.25) is 0 Å². The van der Waals surface area contributed by atoms with E-state index in [1.165, 1.54) is 28.7 Å². The van der Waals surface area contributed by atoms with Crippen LogP contribution in [0.1, 0.15) is 68.2 Å². The van der Waals surface area contributed by atoms with Crippen LogP contribution in [-0.4, -0.2) is 15.0 Å². The van der Waals surface area contributed by atoms with Crippen LogP contribution in [0.25, 0.3) is 10.2 Å². The van der Waals surface area contributed by atoms with Crippen LogP contribution in [0.15, 0.2) is 42.9 Å².